The van der Waals surface area contributed by atoms with E-state index in [0.717, 1.165) is 18.0 Å². The Morgan fingerprint density at radius 1 is 1.00 bits per heavy atom. The van der Waals surface area contributed by atoms with Gasteiger partial charge in [-0.25, -0.2) is 4.58 Å². The molecule has 3 aromatic rings. The number of nitrogens with zero attached hydrogens (tertiary/aromatic N) is 2. The first-order valence-corrected chi connectivity index (χ1v) is 8.00. The van der Waals surface area contributed by atoms with Crippen LogP contribution in [0.1, 0.15) is 18.1 Å². The molecule has 3 rings (SSSR count). The maximum Gasteiger partial charge on any atom is 0.208 e. The average Bonchev–Trinajstić information content (AvgIpc) is 2.83. The molecule has 0 spiro atoms. The second-order valence-corrected chi connectivity index (χ2v) is 5.83. The predicted molar refractivity (Wildman–Crippen MR) is 95.9 cm³/mol. The van der Waals surface area contributed by atoms with Crippen molar-refractivity contribution in [2.24, 2.45) is 0 Å². The van der Waals surface area contributed by atoms with Crippen molar-refractivity contribution in [3.05, 3.63) is 65.7 Å². The molecule has 1 aromatic heterocycles. The highest BCUT2D eigenvalue weighted by molar-refractivity contribution is 6.01. The number of benzene rings is 2. The first kappa shape index (κ1) is 15.3. The molecular weight excluding hydrogens is 284 g/mol. The van der Waals surface area contributed by atoms with Gasteiger partial charge in [-0.05, 0) is 18.6 Å². The van der Waals surface area contributed by atoms with Gasteiger partial charge in [-0.1, -0.05) is 48.5 Å². The second kappa shape index (κ2) is 6.69. The van der Waals surface area contributed by atoms with Crippen molar-refractivity contribution in [2.45, 2.75) is 13.5 Å². The van der Waals surface area contributed by atoms with Crippen LogP contribution in [0, 0.1) is 0 Å². The summed E-state index contributed by atoms with van der Waals surface area (Å²) in [6.45, 7) is 3.49. The molecular formula is C20H23N2O+. The van der Waals surface area contributed by atoms with E-state index in [1.807, 2.05) is 27.1 Å². The molecule has 118 valence electrons. The summed E-state index contributed by atoms with van der Waals surface area (Å²) in [5.74, 6) is 0.936. The average molecular weight is 307 g/mol. The standard InChI is InChI=1S/C20H23N2O/c1-4-23-20-18(15-21(2)3)17-12-8-9-13-19(17)22(20)14-16-10-6-5-7-11-16/h5-13,15H,4,14H2,1-3H3/q+1. The molecule has 0 aliphatic heterocycles. The fraction of sp³-hybridized carbons (Fsp3) is 0.250. The highest BCUT2D eigenvalue weighted by Crippen LogP contribution is 2.31. The summed E-state index contributed by atoms with van der Waals surface area (Å²) in [7, 11) is 4.08. The van der Waals surface area contributed by atoms with Gasteiger partial charge < -0.3 is 9.30 Å². The zero-order chi connectivity index (χ0) is 16.2. The van der Waals surface area contributed by atoms with Gasteiger partial charge in [0.05, 0.1) is 18.7 Å². The number of hydrogen-bond donors (Lipinski definition) is 0. The fourth-order valence-corrected chi connectivity index (χ4v) is 2.91. The maximum atomic E-state index is 6.03. The third-order valence-corrected chi connectivity index (χ3v) is 3.81. The molecule has 3 nitrogen and oxygen atoms in total. The zero-order valence-corrected chi connectivity index (χ0v) is 14.0. The summed E-state index contributed by atoms with van der Waals surface area (Å²) >= 11 is 0. The highest BCUT2D eigenvalue weighted by atomic mass is 16.5. The smallest absolute Gasteiger partial charge is 0.208 e. The summed E-state index contributed by atoms with van der Waals surface area (Å²) < 4.78 is 10.4. The molecule has 2 aromatic carbocycles. The molecule has 0 atom stereocenters. The van der Waals surface area contributed by atoms with Crippen molar-refractivity contribution in [1.82, 2.24) is 4.57 Å². The number of ether oxygens (including phenoxy) is 1. The van der Waals surface area contributed by atoms with Crippen LogP contribution in [0.3, 0.4) is 0 Å². The van der Waals surface area contributed by atoms with Gasteiger partial charge in [0.2, 0.25) is 5.88 Å². The van der Waals surface area contributed by atoms with E-state index in [1.54, 1.807) is 0 Å². The quantitative estimate of drug-likeness (QED) is 0.518. The minimum Gasteiger partial charge on any atom is -0.479 e. The molecule has 23 heavy (non-hydrogen) atoms. The van der Waals surface area contributed by atoms with Crippen LogP contribution in [0.15, 0.2) is 54.6 Å². The summed E-state index contributed by atoms with van der Waals surface area (Å²) in [4.78, 5) is 0. The van der Waals surface area contributed by atoms with Gasteiger partial charge in [0.1, 0.15) is 19.7 Å². The summed E-state index contributed by atoms with van der Waals surface area (Å²) in [5.41, 5.74) is 3.61. The van der Waals surface area contributed by atoms with Crippen LogP contribution in [0.5, 0.6) is 5.88 Å². The van der Waals surface area contributed by atoms with Gasteiger partial charge in [-0.15, -0.1) is 0 Å². The monoisotopic (exact) mass is 307 g/mol. The van der Waals surface area contributed by atoms with Crippen LogP contribution in [-0.2, 0) is 6.54 Å². The highest BCUT2D eigenvalue weighted by Gasteiger charge is 2.19. The third-order valence-electron chi connectivity index (χ3n) is 3.81. The van der Waals surface area contributed by atoms with Crippen LogP contribution < -0.4 is 4.74 Å². The fourth-order valence-electron chi connectivity index (χ4n) is 2.91. The Labute approximate surface area is 137 Å². The molecule has 0 N–H and O–H groups in total. The van der Waals surface area contributed by atoms with Crippen LogP contribution >= 0.6 is 0 Å². The Balaban J connectivity index is 2.22. The number of para-hydroxylation sites is 1. The maximum absolute atomic E-state index is 6.03. The van der Waals surface area contributed by atoms with Gasteiger partial charge in [0, 0.05) is 5.39 Å². The summed E-state index contributed by atoms with van der Waals surface area (Å²) in [6.07, 6.45) is 2.13. The lowest BCUT2D eigenvalue weighted by Gasteiger charge is -2.11. The lowest BCUT2D eigenvalue weighted by atomic mass is 10.2. The van der Waals surface area contributed by atoms with Crippen molar-refractivity contribution in [3.63, 3.8) is 0 Å². The molecule has 0 saturated heterocycles. The van der Waals surface area contributed by atoms with Gasteiger partial charge in [0.15, 0.2) is 6.21 Å². The van der Waals surface area contributed by atoms with Crippen molar-refractivity contribution in [1.29, 1.82) is 0 Å². The predicted octanol–water partition coefficient (Wildman–Crippen LogP) is 3.78. The van der Waals surface area contributed by atoms with Crippen LogP contribution in [0.25, 0.3) is 10.9 Å². The first-order valence-electron chi connectivity index (χ1n) is 8.00. The van der Waals surface area contributed by atoms with E-state index in [4.69, 9.17) is 4.74 Å². The van der Waals surface area contributed by atoms with Crippen LogP contribution in [0.2, 0.25) is 0 Å². The lowest BCUT2D eigenvalue weighted by molar-refractivity contribution is -0.458. The molecule has 3 heteroatoms. The topological polar surface area (TPSA) is 17.2 Å². The third kappa shape index (κ3) is 3.14. The molecule has 0 saturated carbocycles. The van der Waals surface area contributed by atoms with Crippen LogP contribution in [-0.4, -0.2) is 36.1 Å². The van der Waals surface area contributed by atoms with E-state index < -0.39 is 0 Å². The van der Waals surface area contributed by atoms with Gasteiger partial charge in [0.25, 0.3) is 0 Å². The van der Waals surface area contributed by atoms with E-state index >= 15 is 0 Å². The Kier molecular flexibility index (Phi) is 4.47. The van der Waals surface area contributed by atoms with Gasteiger partial charge in [-0.2, -0.15) is 0 Å². The molecule has 0 fully saturated rings. The Morgan fingerprint density at radius 3 is 2.39 bits per heavy atom. The van der Waals surface area contributed by atoms with E-state index in [1.165, 1.54) is 16.5 Å². The summed E-state index contributed by atoms with van der Waals surface area (Å²) in [6, 6.07) is 19.0. The molecule has 0 aliphatic rings. The number of fused-ring (bicyclic) bond motifs is 1. The van der Waals surface area contributed by atoms with Crippen LogP contribution in [0.4, 0.5) is 0 Å². The normalized spacial score (nSPS) is 10.7. The van der Waals surface area contributed by atoms with Crippen molar-refractivity contribution < 1.29 is 9.31 Å². The second-order valence-electron chi connectivity index (χ2n) is 5.83. The lowest BCUT2D eigenvalue weighted by Crippen LogP contribution is -2.07. The number of rotatable bonds is 5. The number of hydrogen-bond acceptors (Lipinski definition) is 1. The molecule has 0 aliphatic carbocycles. The number of aromatic nitrogens is 1. The largest absolute Gasteiger partial charge is 0.479 e. The minimum absolute atomic E-state index is 0.652. The van der Waals surface area contributed by atoms with Gasteiger partial charge >= 0.3 is 0 Å². The van der Waals surface area contributed by atoms with E-state index in [9.17, 15) is 0 Å². The van der Waals surface area contributed by atoms with Gasteiger partial charge in [-0.3, -0.25) is 0 Å². The van der Waals surface area contributed by atoms with E-state index in [-0.39, 0.29) is 0 Å². The summed E-state index contributed by atoms with van der Waals surface area (Å²) in [5, 5.41) is 1.22. The molecule has 0 radical (unpaired) electrons. The Morgan fingerprint density at radius 2 is 1.70 bits per heavy atom. The Hall–Kier alpha value is -2.55. The molecule has 1 heterocycles. The Bertz CT molecular complexity index is 827. The zero-order valence-electron chi connectivity index (χ0n) is 14.0. The van der Waals surface area contributed by atoms with Crippen molar-refractivity contribution in [3.8, 4) is 5.88 Å². The first-order chi connectivity index (χ1) is 11.2. The van der Waals surface area contributed by atoms with Crippen molar-refractivity contribution in [2.75, 3.05) is 20.7 Å². The molecule has 0 amide bonds. The SMILES string of the molecule is CCOc1c(C=[N+](C)C)c2ccccc2n1Cc1ccccc1. The minimum atomic E-state index is 0.652. The molecule has 0 unspecified atom stereocenters. The molecule has 0 bridgehead atoms. The van der Waals surface area contributed by atoms with E-state index in [2.05, 4.69) is 63.9 Å². The van der Waals surface area contributed by atoms with Crippen molar-refractivity contribution >= 4 is 17.1 Å². The van der Waals surface area contributed by atoms with E-state index in [0.29, 0.717) is 6.61 Å².